The fourth-order valence-electron chi connectivity index (χ4n) is 4.77. The lowest BCUT2D eigenvalue weighted by atomic mass is 10.1. The molecule has 0 amide bonds. The molecule has 7 unspecified atom stereocenters. The minimum Gasteiger partial charge on any atom is -0.480 e. The zero-order valence-electron chi connectivity index (χ0n) is 43.7. The number of rotatable bonds is 33. The van der Waals surface area contributed by atoms with Crippen molar-refractivity contribution in [2.45, 2.75) is 151 Å². The Hall–Kier alpha value is -6.39. The van der Waals surface area contributed by atoms with Crippen molar-refractivity contribution in [3.05, 3.63) is 35.9 Å². The maximum absolute atomic E-state index is 10.4. The highest BCUT2D eigenvalue weighted by Gasteiger charge is 2.14. The lowest BCUT2D eigenvalue weighted by molar-refractivity contribution is -0.139. The second-order valence-electron chi connectivity index (χ2n) is 16.3. The molecule has 0 saturated heterocycles. The molecule has 37 N–H and O–H groups in total. The summed E-state index contributed by atoms with van der Waals surface area (Å²) in [6.07, 6.45) is 11.0. The largest absolute Gasteiger partial charge is 0.480 e. The van der Waals surface area contributed by atoms with Gasteiger partial charge in [-0.3, -0.25) is 43.5 Å². The maximum atomic E-state index is 10.4. The number of unbranched alkanes of at least 4 members (excludes halogenated alkanes) is 4. The van der Waals surface area contributed by atoms with Gasteiger partial charge in [-0.15, -0.1) is 0 Å². The molecular weight excluding hydrogens is 1000 g/mol. The van der Waals surface area contributed by atoms with E-state index in [9.17, 15) is 33.6 Å². The number of benzene rings is 1. The van der Waals surface area contributed by atoms with Crippen LogP contribution in [0.4, 0.5) is 0 Å². The molecular formula is C45H95N17O14. The second-order valence-corrected chi connectivity index (χ2v) is 16.3. The van der Waals surface area contributed by atoms with E-state index >= 15 is 0 Å². The number of aliphatic imine (C=N–C) groups is 2. The van der Waals surface area contributed by atoms with E-state index in [1.807, 2.05) is 30.3 Å². The van der Waals surface area contributed by atoms with Crippen molar-refractivity contribution in [2.75, 3.05) is 39.3 Å². The molecule has 0 bridgehead atoms. The van der Waals surface area contributed by atoms with Gasteiger partial charge in [0.1, 0.15) is 42.3 Å². The van der Waals surface area contributed by atoms with Crippen LogP contribution in [0.15, 0.2) is 40.3 Å². The van der Waals surface area contributed by atoms with E-state index in [2.05, 4.69) is 9.98 Å². The first-order chi connectivity index (χ1) is 35.5. The van der Waals surface area contributed by atoms with Gasteiger partial charge in [-0.05, 0) is 115 Å². The topological polar surface area (TPSA) is 676 Å². The third-order valence-electron chi connectivity index (χ3n) is 9.33. The number of hydrogen-bond donors (Lipinski definition) is 22. The Bertz CT molecular complexity index is 1550. The predicted octanol–water partition coefficient (Wildman–Crippen LogP) is -4.35. The van der Waals surface area contributed by atoms with Gasteiger partial charge in [-0.1, -0.05) is 56.0 Å². The molecule has 7 atom stereocenters. The van der Waals surface area contributed by atoms with Crippen molar-refractivity contribution in [1.82, 2.24) is 0 Å². The molecule has 0 aliphatic rings. The summed E-state index contributed by atoms with van der Waals surface area (Å²) in [6.45, 7) is 3.25. The van der Waals surface area contributed by atoms with Crippen LogP contribution in [0.25, 0.3) is 0 Å². The summed E-state index contributed by atoms with van der Waals surface area (Å²) < 4.78 is 0. The highest BCUT2D eigenvalue weighted by molar-refractivity contribution is 5.77. The van der Waals surface area contributed by atoms with Crippen molar-refractivity contribution >= 4 is 53.7 Å². The van der Waals surface area contributed by atoms with E-state index in [1.165, 1.54) is 0 Å². The molecule has 0 aliphatic heterocycles. The van der Waals surface area contributed by atoms with Crippen LogP contribution in [0.1, 0.15) is 108 Å². The summed E-state index contributed by atoms with van der Waals surface area (Å²) in [4.78, 5) is 78.7. The van der Waals surface area contributed by atoms with Gasteiger partial charge in [0.05, 0.1) is 0 Å². The number of aliphatic carboxylic acids is 7. The lowest BCUT2D eigenvalue weighted by Gasteiger charge is -2.04. The zero-order chi connectivity index (χ0) is 60.0. The first kappa shape index (κ1) is 81.0. The SMILES string of the molecule is NC(Cc1ccccc1)C(=O)O.NC(N)=NCCCC(N)C(=O)O.NC(N)=NCCCC(N)C(=O)O.NCCCCC(N)C(=O)O.NCCCCC(N)C(=O)O.NCCCCC(N)C(=O)O.NCCCCC(N)C(=O)O. The molecule has 1 aromatic rings. The standard InChI is InChI=1S/C9H11NO2.2C6H14N4O2.4C6H14N2O2/c10-8(9(11)12)6-7-4-2-1-3-5-7;2*7-4(5(11)12)2-1-3-10-6(8)9;4*7-4-2-1-3-5(8)6(9)10/h1-5,8H,6,10H2,(H,11,12);2*4H,1-3,7H2,(H,11,12)(H4,8,9,10);4*5H,1-4,7-8H2,(H,9,10). The fraction of sp³-hybridized carbons (Fsp3) is 0.667. The molecule has 1 rings (SSSR count). The van der Waals surface area contributed by atoms with Crippen LogP contribution < -0.4 is 86.0 Å². The Morgan fingerprint density at radius 1 is 0.342 bits per heavy atom. The Labute approximate surface area is 444 Å². The van der Waals surface area contributed by atoms with Crippen molar-refractivity contribution in [3.8, 4) is 0 Å². The summed E-state index contributed by atoms with van der Waals surface area (Å²) in [5, 5.41) is 58.6. The van der Waals surface area contributed by atoms with E-state index < -0.39 is 84.1 Å². The van der Waals surface area contributed by atoms with Crippen molar-refractivity contribution in [3.63, 3.8) is 0 Å². The predicted molar refractivity (Wildman–Crippen MR) is 291 cm³/mol. The summed E-state index contributed by atoms with van der Waals surface area (Å²) in [5.41, 5.74) is 78.6. The van der Waals surface area contributed by atoms with E-state index in [1.54, 1.807) is 0 Å². The van der Waals surface area contributed by atoms with E-state index in [4.69, 9.17) is 122 Å². The van der Waals surface area contributed by atoms with E-state index in [-0.39, 0.29) is 11.9 Å². The molecule has 31 nitrogen and oxygen atoms in total. The molecule has 0 heterocycles. The van der Waals surface area contributed by atoms with E-state index in [0.29, 0.717) is 97.1 Å². The Morgan fingerprint density at radius 3 is 0.737 bits per heavy atom. The fourth-order valence-corrected chi connectivity index (χ4v) is 4.77. The van der Waals surface area contributed by atoms with Gasteiger partial charge in [0.2, 0.25) is 0 Å². The van der Waals surface area contributed by atoms with E-state index in [0.717, 1.165) is 56.9 Å². The first-order valence-corrected chi connectivity index (χ1v) is 24.3. The molecule has 0 aromatic heterocycles. The summed E-state index contributed by atoms with van der Waals surface area (Å²) in [5.74, 6) is -6.67. The van der Waals surface area contributed by atoms with Crippen molar-refractivity contribution < 1.29 is 69.3 Å². The van der Waals surface area contributed by atoms with Crippen LogP contribution in [0.3, 0.4) is 0 Å². The third kappa shape index (κ3) is 65.6. The molecule has 0 radical (unpaired) electrons. The molecule has 76 heavy (non-hydrogen) atoms. The highest BCUT2D eigenvalue weighted by Crippen LogP contribution is 2.02. The Morgan fingerprint density at radius 2 is 0.553 bits per heavy atom. The van der Waals surface area contributed by atoms with Crippen molar-refractivity contribution in [1.29, 1.82) is 0 Å². The maximum Gasteiger partial charge on any atom is 0.320 e. The number of nitrogens with zero attached hydrogens (tertiary/aromatic N) is 2. The molecule has 444 valence electrons. The normalized spacial score (nSPS) is 12.6. The quantitative estimate of drug-likeness (QED) is 0.0180. The summed E-state index contributed by atoms with van der Waals surface area (Å²) in [7, 11) is 0. The molecule has 0 spiro atoms. The smallest absolute Gasteiger partial charge is 0.320 e. The number of guanidine groups is 2. The Balaban J connectivity index is -0.000000188. The minimum absolute atomic E-state index is 0.0129. The number of hydrogen-bond acceptors (Lipinski definition) is 20. The molecule has 0 fully saturated rings. The van der Waals surface area contributed by atoms with Gasteiger partial charge in [0, 0.05) is 13.1 Å². The average Bonchev–Trinajstić information content (AvgIpc) is 3.35. The molecule has 0 aliphatic carbocycles. The number of carboxylic acids is 7. The number of nitrogens with two attached hydrogens (primary N) is 15. The van der Waals surface area contributed by atoms with Crippen LogP contribution in [-0.2, 0) is 40.0 Å². The molecule has 0 saturated carbocycles. The number of carboxylic acid groups (broad SMARTS) is 7. The van der Waals surface area contributed by atoms with Gasteiger partial charge in [0.25, 0.3) is 0 Å². The van der Waals surface area contributed by atoms with Gasteiger partial charge < -0.3 is 122 Å². The highest BCUT2D eigenvalue weighted by atomic mass is 16.4. The van der Waals surface area contributed by atoms with Crippen LogP contribution in [0.2, 0.25) is 0 Å². The summed E-state index contributed by atoms with van der Waals surface area (Å²) >= 11 is 0. The lowest BCUT2D eigenvalue weighted by Crippen LogP contribution is -2.32. The monoisotopic (exact) mass is 1100 g/mol. The van der Waals surface area contributed by atoms with Crippen LogP contribution >= 0.6 is 0 Å². The van der Waals surface area contributed by atoms with Crippen LogP contribution in [0, 0.1) is 0 Å². The summed E-state index contributed by atoms with van der Waals surface area (Å²) in [6, 6.07) is 4.04. The second kappa shape index (κ2) is 56.3. The van der Waals surface area contributed by atoms with Gasteiger partial charge in [-0.2, -0.15) is 0 Å². The first-order valence-electron chi connectivity index (χ1n) is 24.3. The molecule has 31 heteroatoms. The average molecular weight is 1100 g/mol. The third-order valence-corrected chi connectivity index (χ3v) is 9.33. The zero-order valence-corrected chi connectivity index (χ0v) is 43.7. The van der Waals surface area contributed by atoms with Crippen molar-refractivity contribution in [2.24, 2.45) is 96.0 Å². The Kier molecular flexibility index (Phi) is 60.0. The minimum atomic E-state index is -1.00. The van der Waals surface area contributed by atoms with Gasteiger partial charge in [0.15, 0.2) is 11.9 Å². The number of carbonyl (C=O) groups is 7. The molecule has 1 aromatic carbocycles. The van der Waals surface area contributed by atoms with Gasteiger partial charge >= 0.3 is 41.8 Å². The van der Waals surface area contributed by atoms with Crippen LogP contribution in [-0.4, -0.2) is 171 Å². The van der Waals surface area contributed by atoms with Gasteiger partial charge in [-0.25, -0.2) is 0 Å². The van der Waals surface area contributed by atoms with Crippen LogP contribution in [0.5, 0.6) is 0 Å².